The largest absolute Gasteiger partial charge is 0.432 e. The van der Waals surface area contributed by atoms with Crippen LogP contribution in [0, 0.1) is 5.82 Å². The summed E-state index contributed by atoms with van der Waals surface area (Å²) in [5, 5.41) is 3.32. The fraction of sp³-hybridized carbons (Fsp3) is 0.250. The van der Waals surface area contributed by atoms with Crippen molar-refractivity contribution in [3.8, 4) is 22.6 Å². The van der Waals surface area contributed by atoms with Gasteiger partial charge in [0.1, 0.15) is 23.5 Å². The van der Waals surface area contributed by atoms with Crippen molar-refractivity contribution in [1.29, 1.82) is 0 Å². The van der Waals surface area contributed by atoms with E-state index < -0.39 is 0 Å². The molecular weight excluding hydrogens is 359 g/mol. The Kier molecular flexibility index (Phi) is 4.79. The molecule has 8 heteroatoms. The number of oxazole rings is 1. The molecule has 0 saturated heterocycles. The molecule has 3 aromatic heterocycles. The maximum absolute atomic E-state index is 13.4. The van der Waals surface area contributed by atoms with Gasteiger partial charge in [0.2, 0.25) is 5.95 Å². The summed E-state index contributed by atoms with van der Waals surface area (Å²) >= 11 is 0. The molecule has 0 saturated carbocycles. The molecule has 0 aliphatic carbocycles. The molecule has 28 heavy (non-hydrogen) atoms. The number of benzene rings is 1. The minimum Gasteiger partial charge on any atom is -0.432 e. The Balaban J connectivity index is 1.76. The lowest BCUT2D eigenvalue weighted by Crippen LogP contribution is -2.30. The first-order chi connectivity index (χ1) is 13.5. The standard InChI is InChI=1S/C20H21FN6O/c1-13(12-26(2)3)23-19-22-9-8-16(24-19)18-17(14-4-6-15(21)7-5-14)25-20-27(18)10-11-28-20/h4-11,13H,12H2,1-3H3,(H,22,23,24). The second-order valence-electron chi connectivity index (χ2n) is 6.94. The van der Waals surface area contributed by atoms with Gasteiger partial charge in [-0.3, -0.25) is 4.40 Å². The van der Waals surface area contributed by atoms with Crippen molar-refractivity contribution in [3.05, 3.63) is 54.8 Å². The summed E-state index contributed by atoms with van der Waals surface area (Å²) in [6, 6.07) is 8.22. The van der Waals surface area contributed by atoms with Crippen LogP contribution in [0.3, 0.4) is 0 Å². The molecule has 0 amide bonds. The predicted octanol–water partition coefficient (Wildman–Crippen LogP) is 3.55. The van der Waals surface area contributed by atoms with Crippen LogP contribution in [-0.4, -0.2) is 50.9 Å². The van der Waals surface area contributed by atoms with Gasteiger partial charge >= 0.3 is 5.84 Å². The average molecular weight is 380 g/mol. The van der Waals surface area contributed by atoms with Crippen molar-refractivity contribution < 1.29 is 8.81 Å². The number of imidazole rings is 1. The average Bonchev–Trinajstić information content (AvgIpc) is 3.22. The quantitative estimate of drug-likeness (QED) is 0.552. The summed E-state index contributed by atoms with van der Waals surface area (Å²) in [6.07, 6.45) is 5.06. The number of likely N-dealkylation sites (N-methyl/N-ethyl adjacent to an activating group) is 1. The zero-order valence-corrected chi connectivity index (χ0v) is 15.9. The van der Waals surface area contributed by atoms with E-state index in [-0.39, 0.29) is 11.9 Å². The molecule has 144 valence electrons. The highest BCUT2D eigenvalue weighted by Crippen LogP contribution is 2.32. The van der Waals surface area contributed by atoms with Gasteiger partial charge in [0.25, 0.3) is 0 Å². The molecular formula is C20H21FN6O. The fourth-order valence-corrected chi connectivity index (χ4v) is 3.21. The molecule has 3 heterocycles. The SMILES string of the molecule is CC(CN(C)C)Nc1nccc(-c2c(-c3ccc(F)cc3)nc3occn23)n1. The van der Waals surface area contributed by atoms with Crippen LogP contribution in [0.5, 0.6) is 0 Å². The molecule has 7 nitrogen and oxygen atoms in total. The van der Waals surface area contributed by atoms with Gasteiger partial charge in [0, 0.05) is 30.5 Å². The van der Waals surface area contributed by atoms with Crippen LogP contribution in [0.25, 0.3) is 28.5 Å². The third-order valence-electron chi connectivity index (χ3n) is 4.29. The van der Waals surface area contributed by atoms with E-state index >= 15 is 0 Å². The van der Waals surface area contributed by atoms with Crippen LogP contribution >= 0.6 is 0 Å². The topological polar surface area (TPSA) is 71.5 Å². The van der Waals surface area contributed by atoms with Gasteiger partial charge in [-0.05, 0) is 51.4 Å². The number of aromatic nitrogens is 4. The Morgan fingerprint density at radius 1 is 1.18 bits per heavy atom. The molecule has 4 aromatic rings. The minimum absolute atomic E-state index is 0.182. The molecule has 1 atom stereocenters. The Labute approximate surface area is 161 Å². The molecule has 0 radical (unpaired) electrons. The molecule has 1 aromatic carbocycles. The van der Waals surface area contributed by atoms with Crippen molar-refractivity contribution >= 4 is 11.8 Å². The summed E-state index contributed by atoms with van der Waals surface area (Å²) in [5.74, 6) is 0.690. The Morgan fingerprint density at radius 2 is 1.96 bits per heavy atom. The van der Waals surface area contributed by atoms with Crippen molar-refractivity contribution in [2.75, 3.05) is 26.0 Å². The highest BCUT2D eigenvalue weighted by atomic mass is 19.1. The lowest BCUT2D eigenvalue weighted by Gasteiger charge is -2.18. The first kappa shape index (κ1) is 18.1. The van der Waals surface area contributed by atoms with Crippen molar-refractivity contribution in [1.82, 2.24) is 24.3 Å². The van der Waals surface area contributed by atoms with Crippen LogP contribution in [0.1, 0.15) is 6.92 Å². The summed E-state index contributed by atoms with van der Waals surface area (Å²) in [5.41, 5.74) is 2.92. The molecule has 0 aliphatic heterocycles. The summed E-state index contributed by atoms with van der Waals surface area (Å²) in [6.45, 7) is 2.93. The lowest BCUT2D eigenvalue weighted by atomic mass is 10.1. The number of hydrogen-bond donors (Lipinski definition) is 1. The van der Waals surface area contributed by atoms with E-state index in [0.717, 1.165) is 17.8 Å². The number of fused-ring (bicyclic) bond motifs is 1. The fourth-order valence-electron chi connectivity index (χ4n) is 3.21. The first-order valence-electron chi connectivity index (χ1n) is 8.97. The Bertz CT molecular complexity index is 1090. The van der Waals surface area contributed by atoms with Gasteiger partial charge < -0.3 is 14.6 Å². The molecule has 0 fully saturated rings. The van der Waals surface area contributed by atoms with Gasteiger partial charge in [0.15, 0.2) is 0 Å². The number of anilines is 1. The van der Waals surface area contributed by atoms with Crippen LogP contribution in [0.2, 0.25) is 0 Å². The zero-order valence-electron chi connectivity index (χ0n) is 15.9. The number of nitrogens with zero attached hydrogens (tertiary/aromatic N) is 5. The second kappa shape index (κ2) is 7.40. The molecule has 4 rings (SSSR count). The second-order valence-corrected chi connectivity index (χ2v) is 6.94. The Morgan fingerprint density at radius 3 is 2.71 bits per heavy atom. The van der Waals surface area contributed by atoms with Crippen molar-refractivity contribution in [2.24, 2.45) is 0 Å². The molecule has 0 spiro atoms. The third kappa shape index (κ3) is 3.59. The van der Waals surface area contributed by atoms with Crippen LogP contribution in [0.4, 0.5) is 10.3 Å². The highest BCUT2D eigenvalue weighted by Gasteiger charge is 2.19. The monoisotopic (exact) mass is 380 g/mol. The van der Waals surface area contributed by atoms with E-state index in [4.69, 9.17) is 4.42 Å². The van der Waals surface area contributed by atoms with E-state index in [0.29, 0.717) is 23.2 Å². The van der Waals surface area contributed by atoms with Gasteiger partial charge in [-0.2, -0.15) is 4.98 Å². The summed E-state index contributed by atoms with van der Waals surface area (Å²) < 4.78 is 20.6. The van der Waals surface area contributed by atoms with E-state index in [1.165, 1.54) is 12.1 Å². The van der Waals surface area contributed by atoms with Crippen molar-refractivity contribution in [2.45, 2.75) is 13.0 Å². The van der Waals surface area contributed by atoms with E-state index in [1.807, 2.05) is 24.6 Å². The lowest BCUT2D eigenvalue weighted by molar-refractivity contribution is 0.391. The first-order valence-corrected chi connectivity index (χ1v) is 8.97. The molecule has 1 unspecified atom stereocenters. The van der Waals surface area contributed by atoms with Crippen molar-refractivity contribution in [3.63, 3.8) is 0 Å². The number of rotatable bonds is 6. The van der Waals surface area contributed by atoms with Gasteiger partial charge in [-0.1, -0.05) is 0 Å². The smallest absolute Gasteiger partial charge is 0.306 e. The highest BCUT2D eigenvalue weighted by molar-refractivity contribution is 5.79. The maximum atomic E-state index is 13.4. The van der Waals surface area contributed by atoms with E-state index in [2.05, 4.69) is 32.1 Å². The van der Waals surface area contributed by atoms with Gasteiger partial charge in [-0.15, -0.1) is 0 Å². The summed E-state index contributed by atoms with van der Waals surface area (Å²) in [4.78, 5) is 15.7. The van der Waals surface area contributed by atoms with Gasteiger partial charge in [0.05, 0.1) is 5.69 Å². The van der Waals surface area contributed by atoms with Gasteiger partial charge in [-0.25, -0.2) is 14.4 Å². The molecule has 0 bridgehead atoms. The number of nitrogens with one attached hydrogen (secondary N) is 1. The molecule has 0 aliphatic rings. The molecule has 1 N–H and O–H groups in total. The van der Waals surface area contributed by atoms with Crippen LogP contribution in [-0.2, 0) is 0 Å². The predicted molar refractivity (Wildman–Crippen MR) is 106 cm³/mol. The van der Waals surface area contributed by atoms with Crippen LogP contribution in [0.15, 0.2) is 53.4 Å². The maximum Gasteiger partial charge on any atom is 0.306 e. The van der Waals surface area contributed by atoms with E-state index in [1.54, 1.807) is 30.8 Å². The normalized spacial score (nSPS) is 12.6. The van der Waals surface area contributed by atoms with E-state index in [9.17, 15) is 4.39 Å². The Hall–Kier alpha value is -3.26. The zero-order chi connectivity index (χ0) is 19.7. The third-order valence-corrected chi connectivity index (χ3v) is 4.29. The number of halogens is 1. The van der Waals surface area contributed by atoms with Crippen LogP contribution < -0.4 is 5.32 Å². The minimum atomic E-state index is -0.295. The number of hydrogen-bond acceptors (Lipinski definition) is 6. The summed E-state index contributed by atoms with van der Waals surface area (Å²) in [7, 11) is 4.04.